The van der Waals surface area contributed by atoms with Gasteiger partial charge in [0, 0.05) is 24.8 Å². The molecule has 1 heterocycles. The molecule has 2 nitrogen and oxygen atoms in total. The van der Waals surface area contributed by atoms with Crippen LogP contribution in [-0.4, -0.2) is 25.7 Å². The predicted octanol–water partition coefficient (Wildman–Crippen LogP) is 3.39. The van der Waals surface area contributed by atoms with Crippen molar-refractivity contribution >= 4 is 5.69 Å². The molecule has 1 saturated heterocycles. The first-order valence-electron chi connectivity index (χ1n) is 7.82. The third-order valence-corrected chi connectivity index (χ3v) is 4.52. The van der Waals surface area contributed by atoms with Crippen LogP contribution in [0.3, 0.4) is 0 Å². The molecular weight excluding hydrogens is 232 g/mol. The first-order valence-corrected chi connectivity index (χ1v) is 7.82. The van der Waals surface area contributed by atoms with Gasteiger partial charge in [0.25, 0.3) is 0 Å². The standard InChI is InChI=1S/C17H26N2/c1-13(2)15-5-3-6-16(11-15)19-10-4-9-18-17(12-19)14-7-8-14/h3,5-6,11,13-14,17-18H,4,7-10,12H2,1-2H3. The molecule has 2 aliphatic rings. The average Bonchev–Trinajstić information content (AvgIpc) is 3.24. The molecule has 1 atom stereocenters. The Bertz CT molecular complexity index is 423. The van der Waals surface area contributed by atoms with E-state index >= 15 is 0 Å². The molecule has 1 aromatic carbocycles. The van der Waals surface area contributed by atoms with Gasteiger partial charge in [-0.25, -0.2) is 0 Å². The van der Waals surface area contributed by atoms with Gasteiger partial charge < -0.3 is 10.2 Å². The minimum Gasteiger partial charge on any atom is -0.370 e. The number of nitrogens with one attached hydrogen (secondary N) is 1. The minimum atomic E-state index is 0.615. The van der Waals surface area contributed by atoms with Gasteiger partial charge in [-0.2, -0.15) is 0 Å². The molecule has 0 bridgehead atoms. The second-order valence-corrected chi connectivity index (χ2v) is 6.45. The highest BCUT2D eigenvalue weighted by atomic mass is 15.2. The van der Waals surface area contributed by atoms with Gasteiger partial charge in [0.15, 0.2) is 0 Å². The molecule has 1 aliphatic heterocycles. The maximum atomic E-state index is 3.74. The largest absolute Gasteiger partial charge is 0.370 e. The first-order chi connectivity index (χ1) is 9.24. The molecule has 0 aromatic heterocycles. The van der Waals surface area contributed by atoms with Gasteiger partial charge in [0.2, 0.25) is 0 Å². The molecule has 0 spiro atoms. The topological polar surface area (TPSA) is 15.3 Å². The SMILES string of the molecule is CC(C)c1cccc(N2CCCNC(C3CC3)C2)c1. The summed E-state index contributed by atoms with van der Waals surface area (Å²) in [6.45, 7) is 8.11. The Morgan fingerprint density at radius 2 is 2.11 bits per heavy atom. The number of anilines is 1. The molecule has 0 radical (unpaired) electrons. The maximum absolute atomic E-state index is 3.74. The van der Waals surface area contributed by atoms with E-state index in [4.69, 9.17) is 0 Å². The van der Waals surface area contributed by atoms with Gasteiger partial charge in [-0.15, -0.1) is 0 Å². The summed E-state index contributed by atoms with van der Waals surface area (Å²) in [5.74, 6) is 1.55. The highest BCUT2D eigenvalue weighted by Crippen LogP contribution is 2.34. The number of benzene rings is 1. The van der Waals surface area contributed by atoms with E-state index in [9.17, 15) is 0 Å². The van der Waals surface area contributed by atoms with Crippen molar-refractivity contribution in [2.75, 3.05) is 24.5 Å². The molecular formula is C17H26N2. The van der Waals surface area contributed by atoms with Crippen LogP contribution in [0.15, 0.2) is 24.3 Å². The second-order valence-electron chi connectivity index (χ2n) is 6.45. The third kappa shape index (κ3) is 3.11. The van der Waals surface area contributed by atoms with Crippen molar-refractivity contribution in [3.63, 3.8) is 0 Å². The van der Waals surface area contributed by atoms with Crippen molar-refractivity contribution in [1.29, 1.82) is 0 Å². The molecule has 1 unspecified atom stereocenters. The van der Waals surface area contributed by atoms with E-state index in [-0.39, 0.29) is 0 Å². The van der Waals surface area contributed by atoms with Crippen LogP contribution in [0.5, 0.6) is 0 Å². The number of hydrogen-bond acceptors (Lipinski definition) is 2. The van der Waals surface area contributed by atoms with Crippen molar-refractivity contribution < 1.29 is 0 Å². The van der Waals surface area contributed by atoms with E-state index in [1.54, 1.807) is 0 Å². The Morgan fingerprint density at radius 3 is 2.84 bits per heavy atom. The fourth-order valence-corrected chi connectivity index (χ4v) is 3.08. The second kappa shape index (κ2) is 5.54. The van der Waals surface area contributed by atoms with Crippen LogP contribution in [0, 0.1) is 5.92 Å². The summed E-state index contributed by atoms with van der Waals surface area (Å²) in [5.41, 5.74) is 2.87. The summed E-state index contributed by atoms with van der Waals surface area (Å²) in [6.07, 6.45) is 4.12. The summed E-state index contributed by atoms with van der Waals surface area (Å²) in [7, 11) is 0. The summed E-state index contributed by atoms with van der Waals surface area (Å²) < 4.78 is 0. The van der Waals surface area contributed by atoms with Gasteiger partial charge in [-0.1, -0.05) is 26.0 Å². The van der Waals surface area contributed by atoms with Crippen molar-refractivity contribution in [3.05, 3.63) is 29.8 Å². The van der Waals surface area contributed by atoms with Crippen LogP contribution >= 0.6 is 0 Å². The molecule has 1 saturated carbocycles. The van der Waals surface area contributed by atoms with Crippen LogP contribution in [-0.2, 0) is 0 Å². The number of hydrogen-bond donors (Lipinski definition) is 1. The quantitative estimate of drug-likeness (QED) is 0.894. The molecule has 3 rings (SSSR count). The van der Waals surface area contributed by atoms with E-state index in [2.05, 4.69) is 48.3 Å². The molecule has 19 heavy (non-hydrogen) atoms. The van der Waals surface area contributed by atoms with E-state index in [1.807, 2.05) is 0 Å². The lowest BCUT2D eigenvalue weighted by molar-refractivity contribution is 0.490. The molecule has 1 aromatic rings. The average molecular weight is 258 g/mol. The van der Waals surface area contributed by atoms with Gasteiger partial charge in [0.1, 0.15) is 0 Å². The van der Waals surface area contributed by atoms with Gasteiger partial charge in [-0.3, -0.25) is 0 Å². The highest BCUT2D eigenvalue weighted by Gasteiger charge is 2.33. The fourth-order valence-electron chi connectivity index (χ4n) is 3.08. The fraction of sp³-hybridized carbons (Fsp3) is 0.647. The third-order valence-electron chi connectivity index (χ3n) is 4.52. The molecule has 2 heteroatoms. The van der Waals surface area contributed by atoms with Gasteiger partial charge in [-0.05, 0) is 55.3 Å². The van der Waals surface area contributed by atoms with Gasteiger partial charge in [0.05, 0.1) is 0 Å². The Hall–Kier alpha value is -1.02. The van der Waals surface area contributed by atoms with Crippen molar-refractivity contribution in [2.45, 2.75) is 45.1 Å². The van der Waals surface area contributed by atoms with Crippen molar-refractivity contribution in [2.24, 2.45) is 5.92 Å². The van der Waals surface area contributed by atoms with E-state index < -0.39 is 0 Å². The summed E-state index contributed by atoms with van der Waals surface area (Å²) >= 11 is 0. The monoisotopic (exact) mass is 258 g/mol. The zero-order chi connectivity index (χ0) is 13.2. The van der Waals surface area contributed by atoms with E-state index in [1.165, 1.54) is 50.1 Å². The van der Waals surface area contributed by atoms with Gasteiger partial charge >= 0.3 is 0 Å². The molecule has 104 valence electrons. The Balaban J connectivity index is 1.77. The first kappa shape index (κ1) is 13.0. The lowest BCUT2D eigenvalue weighted by Crippen LogP contribution is -2.39. The summed E-state index contributed by atoms with van der Waals surface area (Å²) in [5, 5.41) is 3.74. The zero-order valence-corrected chi connectivity index (χ0v) is 12.2. The smallest absolute Gasteiger partial charge is 0.0369 e. The highest BCUT2D eigenvalue weighted by molar-refractivity contribution is 5.49. The number of nitrogens with zero attached hydrogens (tertiary/aromatic N) is 1. The molecule has 1 N–H and O–H groups in total. The lowest BCUT2D eigenvalue weighted by atomic mass is 10.0. The maximum Gasteiger partial charge on any atom is 0.0369 e. The van der Waals surface area contributed by atoms with Crippen molar-refractivity contribution in [1.82, 2.24) is 5.32 Å². The number of rotatable bonds is 3. The van der Waals surface area contributed by atoms with E-state index in [0.29, 0.717) is 12.0 Å². The van der Waals surface area contributed by atoms with Crippen LogP contribution in [0.2, 0.25) is 0 Å². The van der Waals surface area contributed by atoms with Crippen LogP contribution in [0.1, 0.15) is 44.6 Å². The molecule has 0 amide bonds. The summed E-state index contributed by atoms with van der Waals surface area (Å²) in [6, 6.07) is 9.85. The predicted molar refractivity (Wildman–Crippen MR) is 81.9 cm³/mol. The van der Waals surface area contributed by atoms with Crippen LogP contribution in [0.25, 0.3) is 0 Å². The molecule has 2 fully saturated rings. The minimum absolute atomic E-state index is 0.615. The Labute approximate surface area is 117 Å². The normalized spacial score (nSPS) is 24.6. The Morgan fingerprint density at radius 1 is 1.26 bits per heavy atom. The van der Waals surface area contributed by atoms with Crippen molar-refractivity contribution in [3.8, 4) is 0 Å². The molecule has 1 aliphatic carbocycles. The lowest BCUT2D eigenvalue weighted by Gasteiger charge is -2.27. The van der Waals surface area contributed by atoms with Crippen LogP contribution in [0.4, 0.5) is 5.69 Å². The van der Waals surface area contributed by atoms with Crippen LogP contribution < -0.4 is 10.2 Å². The summed E-state index contributed by atoms with van der Waals surface area (Å²) in [4.78, 5) is 2.59. The Kier molecular flexibility index (Phi) is 3.79. The van der Waals surface area contributed by atoms with E-state index in [0.717, 1.165) is 5.92 Å². The zero-order valence-electron chi connectivity index (χ0n) is 12.2.